The van der Waals surface area contributed by atoms with Crippen molar-refractivity contribution >= 4 is 19.9 Å². The van der Waals surface area contributed by atoms with Crippen molar-refractivity contribution in [3.05, 3.63) is 71.8 Å². The lowest BCUT2D eigenvalue weighted by atomic mass is 10.2. The first-order chi connectivity index (χ1) is 12.3. The van der Waals surface area contributed by atoms with Crippen molar-refractivity contribution in [3.63, 3.8) is 0 Å². The molecule has 2 aromatic rings. The standard InChI is InChI=1S/C19H22N2O3S2/c1-15-7-11-18(12-8-15)25(22,20-17-5-3-4-6-17)21-26(23,24)19-13-9-16(2)10-14-19/h3,5,7-14,17H,4,6H2,1-2H3,(H,20,21,22)/t17-,25?/m0/s1. The summed E-state index contributed by atoms with van der Waals surface area (Å²) < 4.78 is 46.0. The molecule has 0 saturated heterocycles. The number of hydrogen-bond acceptors (Lipinski definition) is 3. The van der Waals surface area contributed by atoms with E-state index in [2.05, 4.69) is 8.49 Å². The molecular weight excluding hydrogens is 368 g/mol. The van der Waals surface area contributed by atoms with E-state index in [1.165, 1.54) is 12.1 Å². The molecule has 0 fully saturated rings. The highest BCUT2D eigenvalue weighted by Gasteiger charge is 2.24. The molecule has 3 rings (SSSR count). The molecule has 0 radical (unpaired) electrons. The summed E-state index contributed by atoms with van der Waals surface area (Å²) in [6, 6.07) is 13.1. The van der Waals surface area contributed by atoms with Gasteiger partial charge in [0.15, 0.2) is 9.92 Å². The third kappa shape index (κ3) is 4.23. The highest BCUT2D eigenvalue weighted by Crippen LogP contribution is 2.22. The second-order valence-electron chi connectivity index (χ2n) is 6.43. The van der Waals surface area contributed by atoms with Gasteiger partial charge in [-0.05, 0) is 51.0 Å². The van der Waals surface area contributed by atoms with Gasteiger partial charge in [-0.3, -0.25) is 0 Å². The summed E-state index contributed by atoms with van der Waals surface area (Å²) >= 11 is 0. The fourth-order valence-corrected chi connectivity index (χ4v) is 6.38. The quantitative estimate of drug-likeness (QED) is 0.790. The Hall–Kier alpha value is -1.96. The van der Waals surface area contributed by atoms with Crippen molar-refractivity contribution in [2.24, 2.45) is 3.77 Å². The smallest absolute Gasteiger partial charge is 0.228 e. The van der Waals surface area contributed by atoms with Crippen LogP contribution in [0.25, 0.3) is 0 Å². The first-order valence-electron chi connectivity index (χ1n) is 8.39. The highest BCUT2D eigenvalue weighted by atomic mass is 32.3. The normalized spacial score (nSPS) is 19.2. The van der Waals surface area contributed by atoms with Crippen LogP contribution in [0.1, 0.15) is 24.0 Å². The Morgan fingerprint density at radius 2 is 1.42 bits per heavy atom. The Balaban J connectivity index is 2.11. The number of nitrogens with one attached hydrogen (secondary N) is 1. The summed E-state index contributed by atoms with van der Waals surface area (Å²) in [4.78, 5) is 0.394. The maximum absolute atomic E-state index is 13.6. The van der Waals surface area contributed by atoms with Gasteiger partial charge in [-0.2, -0.15) is 8.42 Å². The Morgan fingerprint density at radius 3 is 1.92 bits per heavy atom. The van der Waals surface area contributed by atoms with Crippen molar-refractivity contribution in [2.75, 3.05) is 0 Å². The lowest BCUT2D eigenvalue weighted by Gasteiger charge is -2.16. The van der Waals surface area contributed by atoms with Crippen LogP contribution in [0.15, 0.2) is 74.2 Å². The van der Waals surface area contributed by atoms with E-state index < -0.39 is 19.9 Å². The molecule has 2 aromatic carbocycles. The van der Waals surface area contributed by atoms with Gasteiger partial charge in [-0.25, -0.2) is 8.93 Å². The number of aryl methyl sites for hydroxylation is 2. The molecule has 5 nitrogen and oxygen atoms in total. The fraction of sp³-hybridized carbons (Fsp3) is 0.263. The molecule has 1 aliphatic rings. The first-order valence-corrected chi connectivity index (χ1v) is 11.3. The SMILES string of the molecule is Cc1ccc(S(=O)(=O)N=S(=O)(N[C@H]2C=CCC2)c2ccc(C)cc2)cc1. The predicted molar refractivity (Wildman–Crippen MR) is 104 cm³/mol. The Labute approximate surface area is 155 Å². The maximum atomic E-state index is 13.6. The topological polar surface area (TPSA) is 75.6 Å². The van der Waals surface area contributed by atoms with Crippen molar-refractivity contribution < 1.29 is 12.6 Å². The van der Waals surface area contributed by atoms with Crippen LogP contribution in [0.4, 0.5) is 0 Å². The highest BCUT2D eigenvalue weighted by molar-refractivity contribution is 8.02. The Morgan fingerprint density at radius 1 is 0.885 bits per heavy atom. The van der Waals surface area contributed by atoms with E-state index >= 15 is 0 Å². The zero-order valence-electron chi connectivity index (χ0n) is 14.8. The van der Waals surface area contributed by atoms with Gasteiger partial charge in [0.1, 0.15) is 0 Å². The van der Waals surface area contributed by atoms with E-state index in [0.29, 0.717) is 4.90 Å². The average molecular weight is 391 g/mol. The molecule has 1 unspecified atom stereocenters. The van der Waals surface area contributed by atoms with E-state index in [0.717, 1.165) is 24.0 Å². The van der Waals surface area contributed by atoms with Gasteiger partial charge < -0.3 is 0 Å². The largest absolute Gasteiger partial charge is 0.291 e. The molecule has 7 heteroatoms. The van der Waals surface area contributed by atoms with Gasteiger partial charge >= 0.3 is 0 Å². The van der Waals surface area contributed by atoms with Crippen molar-refractivity contribution in [3.8, 4) is 0 Å². The summed E-state index contributed by atoms with van der Waals surface area (Å²) in [5, 5.41) is 0. The fourth-order valence-electron chi connectivity index (χ4n) is 2.68. The molecule has 0 saturated carbocycles. The number of allylic oxidation sites excluding steroid dienone is 1. The van der Waals surface area contributed by atoms with Crippen molar-refractivity contribution in [2.45, 2.75) is 42.5 Å². The van der Waals surface area contributed by atoms with Gasteiger partial charge in [0.05, 0.1) is 9.79 Å². The van der Waals surface area contributed by atoms with Crippen LogP contribution in [-0.4, -0.2) is 18.7 Å². The molecule has 0 amide bonds. The maximum Gasteiger partial charge on any atom is 0.291 e. The van der Waals surface area contributed by atoms with Crippen LogP contribution in [0, 0.1) is 13.8 Å². The molecule has 0 heterocycles. The minimum absolute atomic E-state index is 0.0340. The third-order valence-electron chi connectivity index (χ3n) is 4.19. The molecule has 26 heavy (non-hydrogen) atoms. The van der Waals surface area contributed by atoms with Crippen molar-refractivity contribution in [1.82, 2.24) is 4.72 Å². The van der Waals surface area contributed by atoms with Gasteiger partial charge in [0.25, 0.3) is 10.0 Å². The van der Waals surface area contributed by atoms with E-state index in [-0.39, 0.29) is 10.9 Å². The molecule has 2 atom stereocenters. The minimum Gasteiger partial charge on any atom is -0.228 e. The van der Waals surface area contributed by atoms with Gasteiger partial charge in [-0.1, -0.05) is 51.3 Å². The summed E-state index contributed by atoms with van der Waals surface area (Å²) in [7, 11) is -7.42. The van der Waals surface area contributed by atoms with Crippen LogP contribution < -0.4 is 4.72 Å². The van der Waals surface area contributed by atoms with E-state index in [1.54, 1.807) is 36.4 Å². The van der Waals surface area contributed by atoms with Crippen LogP contribution >= 0.6 is 0 Å². The molecule has 1 aliphatic carbocycles. The van der Waals surface area contributed by atoms with Crippen molar-refractivity contribution in [1.29, 1.82) is 0 Å². The Bertz CT molecular complexity index is 1030. The lowest BCUT2D eigenvalue weighted by Crippen LogP contribution is -2.32. The number of sulfonamides is 1. The molecular formula is C19H22N2O3S2. The molecule has 0 bridgehead atoms. The van der Waals surface area contributed by atoms with E-state index in [4.69, 9.17) is 0 Å². The third-order valence-corrected chi connectivity index (χ3v) is 8.21. The number of nitrogens with zero attached hydrogens (tertiary/aromatic N) is 1. The molecule has 1 N–H and O–H groups in total. The second-order valence-corrected chi connectivity index (χ2v) is 10.2. The minimum atomic E-state index is -4.07. The van der Waals surface area contributed by atoms with Crippen LogP contribution in [0.2, 0.25) is 0 Å². The molecule has 0 aromatic heterocycles. The Kier molecular flexibility index (Phi) is 5.32. The second kappa shape index (κ2) is 7.34. The zero-order valence-corrected chi connectivity index (χ0v) is 16.4. The molecule has 0 spiro atoms. The van der Waals surface area contributed by atoms with Gasteiger partial charge in [0.2, 0.25) is 0 Å². The molecule has 0 aliphatic heterocycles. The van der Waals surface area contributed by atoms with Crippen LogP contribution in [0.5, 0.6) is 0 Å². The van der Waals surface area contributed by atoms with Gasteiger partial charge in [-0.15, -0.1) is 0 Å². The van der Waals surface area contributed by atoms with E-state index in [1.807, 2.05) is 26.0 Å². The van der Waals surface area contributed by atoms with Crippen LogP contribution in [-0.2, 0) is 19.9 Å². The predicted octanol–water partition coefficient (Wildman–Crippen LogP) is 3.74. The molecule has 138 valence electrons. The number of rotatable bonds is 5. The number of hydrogen-bond donors (Lipinski definition) is 1. The monoisotopic (exact) mass is 390 g/mol. The zero-order chi connectivity index (χ0) is 18.8. The summed E-state index contributed by atoms with van der Waals surface area (Å²) in [6.07, 6.45) is 5.53. The lowest BCUT2D eigenvalue weighted by molar-refractivity contribution is 0.597. The summed E-state index contributed by atoms with van der Waals surface area (Å²) in [6.45, 7) is 3.79. The number of benzene rings is 2. The van der Waals surface area contributed by atoms with Gasteiger partial charge in [0, 0.05) is 6.04 Å². The summed E-state index contributed by atoms with van der Waals surface area (Å²) in [5.41, 5.74) is 1.94. The van der Waals surface area contributed by atoms with Crippen LogP contribution in [0.3, 0.4) is 0 Å². The average Bonchev–Trinajstić information content (AvgIpc) is 3.08. The first kappa shape index (κ1) is 18.8. The summed E-state index contributed by atoms with van der Waals surface area (Å²) in [5.74, 6) is 0. The van der Waals surface area contributed by atoms with E-state index in [9.17, 15) is 12.6 Å².